The maximum atomic E-state index is 13.9. The third kappa shape index (κ3) is 4.20. The van der Waals surface area contributed by atoms with Crippen LogP contribution in [0.1, 0.15) is 0 Å². The van der Waals surface area contributed by atoms with Crippen LogP contribution >= 0.6 is 11.6 Å². The van der Waals surface area contributed by atoms with Crippen LogP contribution in [-0.4, -0.2) is 47.8 Å². The minimum atomic E-state index is -0.943. The topological polar surface area (TPSA) is 95.8 Å². The van der Waals surface area contributed by atoms with Crippen LogP contribution in [0, 0.1) is 15.9 Å². The number of carbonyl (C=O) groups is 2. The van der Waals surface area contributed by atoms with E-state index < -0.39 is 16.7 Å². The van der Waals surface area contributed by atoms with E-state index in [4.69, 9.17) is 11.6 Å². The number of para-hydroxylation sites is 1. The van der Waals surface area contributed by atoms with E-state index in [9.17, 15) is 24.1 Å². The average molecular weight is 407 g/mol. The van der Waals surface area contributed by atoms with Gasteiger partial charge in [-0.15, -0.1) is 0 Å². The highest BCUT2D eigenvalue weighted by Crippen LogP contribution is 2.27. The van der Waals surface area contributed by atoms with Crippen molar-refractivity contribution in [2.75, 3.05) is 36.4 Å². The van der Waals surface area contributed by atoms with Crippen molar-refractivity contribution in [2.45, 2.75) is 0 Å². The molecule has 0 spiro atoms. The van der Waals surface area contributed by atoms with Gasteiger partial charge in [0.25, 0.3) is 5.69 Å². The van der Waals surface area contributed by atoms with Crippen LogP contribution in [0.2, 0.25) is 5.02 Å². The summed E-state index contributed by atoms with van der Waals surface area (Å²) in [6, 6.07) is 9.90. The van der Waals surface area contributed by atoms with Crippen LogP contribution in [0.25, 0.3) is 0 Å². The summed E-state index contributed by atoms with van der Waals surface area (Å²) in [6.07, 6.45) is 0. The molecule has 8 nitrogen and oxygen atoms in total. The number of halogens is 2. The molecule has 28 heavy (non-hydrogen) atoms. The number of amides is 2. The van der Waals surface area contributed by atoms with Crippen molar-refractivity contribution in [2.24, 2.45) is 0 Å². The number of anilines is 2. The summed E-state index contributed by atoms with van der Waals surface area (Å²) < 4.78 is 13.9. The maximum Gasteiger partial charge on any atom is 0.313 e. The second-order valence-corrected chi connectivity index (χ2v) is 6.51. The zero-order valence-corrected chi connectivity index (χ0v) is 15.4. The third-order valence-electron chi connectivity index (χ3n) is 4.36. The molecular formula is C18H16ClFN4O4. The van der Waals surface area contributed by atoms with Crippen molar-refractivity contribution in [3.05, 3.63) is 63.4 Å². The van der Waals surface area contributed by atoms with Gasteiger partial charge in [-0.2, -0.15) is 0 Å². The van der Waals surface area contributed by atoms with Crippen LogP contribution in [0.5, 0.6) is 0 Å². The molecule has 1 aliphatic heterocycles. The van der Waals surface area contributed by atoms with E-state index in [1.807, 2.05) is 0 Å². The molecule has 10 heteroatoms. The number of piperazine rings is 1. The van der Waals surface area contributed by atoms with Gasteiger partial charge in [-0.25, -0.2) is 4.39 Å². The standard InChI is InChI=1S/C18H16ClFN4O4/c19-13-6-5-12(24(27)28)11-15(13)21-17(25)18(26)23-9-7-22(8-10-23)16-4-2-1-3-14(16)20/h1-6,11H,7-10H2,(H,21,25). The Bertz CT molecular complexity index is 932. The van der Waals surface area contributed by atoms with E-state index in [0.717, 1.165) is 6.07 Å². The third-order valence-corrected chi connectivity index (χ3v) is 4.69. The molecule has 0 atom stereocenters. The minimum Gasteiger partial charge on any atom is -0.366 e. The molecular weight excluding hydrogens is 391 g/mol. The smallest absolute Gasteiger partial charge is 0.313 e. The van der Waals surface area contributed by atoms with E-state index in [1.54, 1.807) is 23.1 Å². The number of hydrogen-bond donors (Lipinski definition) is 1. The Morgan fingerprint density at radius 2 is 1.79 bits per heavy atom. The molecule has 1 N–H and O–H groups in total. The van der Waals surface area contributed by atoms with Crippen molar-refractivity contribution in [3.63, 3.8) is 0 Å². The van der Waals surface area contributed by atoms with Gasteiger partial charge >= 0.3 is 11.8 Å². The minimum absolute atomic E-state index is 0.0146. The number of carbonyl (C=O) groups excluding carboxylic acids is 2. The van der Waals surface area contributed by atoms with Crippen LogP contribution in [0.3, 0.4) is 0 Å². The van der Waals surface area contributed by atoms with Gasteiger partial charge in [-0.3, -0.25) is 19.7 Å². The number of non-ortho nitro benzene ring substituents is 1. The van der Waals surface area contributed by atoms with Gasteiger partial charge < -0.3 is 15.1 Å². The van der Waals surface area contributed by atoms with Crippen molar-refractivity contribution < 1.29 is 18.9 Å². The largest absolute Gasteiger partial charge is 0.366 e. The van der Waals surface area contributed by atoms with Crippen molar-refractivity contribution >= 4 is 40.5 Å². The van der Waals surface area contributed by atoms with Crippen LogP contribution in [-0.2, 0) is 9.59 Å². The first kappa shape index (κ1) is 19.6. The molecule has 1 saturated heterocycles. The van der Waals surface area contributed by atoms with Gasteiger partial charge in [0.1, 0.15) is 5.82 Å². The Morgan fingerprint density at radius 1 is 1.11 bits per heavy atom. The molecule has 1 aliphatic rings. The molecule has 0 radical (unpaired) electrons. The number of nitrogens with zero attached hydrogens (tertiary/aromatic N) is 3. The van der Waals surface area contributed by atoms with Crippen molar-refractivity contribution in [3.8, 4) is 0 Å². The number of nitro groups is 1. The van der Waals surface area contributed by atoms with Crippen LogP contribution in [0.4, 0.5) is 21.5 Å². The van der Waals surface area contributed by atoms with E-state index in [2.05, 4.69) is 5.32 Å². The Kier molecular flexibility index (Phi) is 5.74. The lowest BCUT2D eigenvalue weighted by molar-refractivity contribution is -0.384. The Labute approximate surface area is 164 Å². The summed E-state index contributed by atoms with van der Waals surface area (Å²) in [6.45, 7) is 1.22. The number of rotatable bonds is 3. The Morgan fingerprint density at radius 3 is 2.43 bits per heavy atom. The van der Waals surface area contributed by atoms with Crippen LogP contribution < -0.4 is 10.2 Å². The lowest BCUT2D eigenvalue weighted by Crippen LogP contribution is -2.51. The predicted octanol–water partition coefficient (Wildman–Crippen LogP) is 2.67. The molecule has 1 heterocycles. The molecule has 0 aromatic heterocycles. The Balaban J connectivity index is 1.62. The number of nitrogens with one attached hydrogen (secondary N) is 1. The number of benzene rings is 2. The summed E-state index contributed by atoms with van der Waals surface area (Å²) in [4.78, 5) is 38.0. The van der Waals surface area contributed by atoms with E-state index in [0.29, 0.717) is 18.8 Å². The molecule has 0 aliphatic carbocycles. The zero-order chi connectivity index (χ0) is 20.3. The number of nitro benzene ring substituents is 1. The summed E-state index contributed by atoms with van der Waals surface area (Å²) in [5.41, 5.74) is 0.173. The van der Waals surface area contributed by atoms with Gasteiger partial charge in [0, 0.05) is 38.3 Å². The normalized spacial score (nSPS) is 13.9. The molecule has 146 valence electrons. The van der Waals surface area contributed by atoms with Crippen LogP contribution in [0.15, 0.2) is 42.5 Å². The average Bonchev–Trinajstić information content (AvgIpc) is 2.69. The van der Waals surface area contributed by atoms with Gasteiger partial charge in [0.15, 0.2) is 0 Å². The monoisotopic (exact) mass is 406 g/mol. The Hall–Kier alpha value is -3.20. The quantitative estimate of drug-likeness (QED) is 0.480. The number of hydrogen-bond acceptors (Lipinski definition) is 5. The fourth-order valence-electron chi connectivity index (χ4n) is 2.90. The van der Waals surface area contributed by atoms with Crippen molar-refractivity contribution in [1.29, 1.82) is 0 Å². The highest BCUT2D eigenvalue weighted by atomic mass is 35.5. The highest BCUT2D eigenvalue weighted by Gasteiger charge is 2.27. The fraction of sp³-hybridized carbons (Fsp3) is 0.222. The predicted molar refractivity (Wildman–Crippen MR) is 102 cm³/mol. The second kappa shape index (κ2) is 8.22. The first-order chi connectivity index (χ1) is 13.4. The fourth-order valence-corrected chi connectivity index (χ4v) is 3.07. The lowest BCUT2D eigenvalue weighted by atomic mass is 10.2. The lowest BCUT2D eigenvalue weighted by Gasteiger charge is -2.35. The summed E-state index contributed by atoms with van der Waals surface area (Å²) in [7, 11) is 0. The van der Waals surface area contributed by atoms with Crippen molar-refractivity contribution in [1.82, 2.24) is 4.90 Å². The maximum absolute atomic E-state index is 13.9. The van der Waals surface area contributed by atoms with Gasteiger partial charge in [0.2, 0.25) is 0 Å². The summed E-state index contributed by atoms with van der Waals surface area (Å²) in [5, 5.41) is 13.2. The first-order valence-electron chi connectivity index (χ1n) is 8.40. The SMILES string of the molecule is O=C(Nc1cc([N+](=O)[O-])ccc1Cl)C(=O)N1CCN(c2ccccc2F)CC1. The zero-order valence-electron chi connectivity index (χ0n) is 14.6. The molecule has 2 aromatic carbocycles. The van der Waals surface area contributed by atoms with Gasteiger partial charge in [-0.05, 0) is 18.2 Å². The van der Waals surface area contributed by atoms with E-state index >= 15 is 0 Å². The molecule has 2 aromatic rings. The van der Waals surface area contributed by atoms with E-state index in [-0.39, 0.29) is 35.3 Å². The molecule has 0 saturated carbocycles. The molecule has 2 amide bonds. The second-order valence-electron chi connectivity index (χ2n) is 6.11. The van der Waals surface area contributed by atoms with Gasteiger partial charge in [0.05, 0.1) is 21.3 Å². The summed E-state index contributed by atoms with van der Waals surface area (Å²) >= 11 is 5.93. The summed E-state index contributed by atoms with van der Waals surface area (Å²) in [5.74, 6) is -2.07. The molecule has 0 bridgehead atoms. The molecule has 0 unspecified atom stereocenters. The van der Waals surface area contributed by atoms with E-state index in [1.165, 1.54) is 23.1 Å². The first-order valence-corrected chi connectivity index (χ1v) is 8.78. The molecule has 1 fully saturated rings. The molecule has 3 rings (SSSR count). The highest BCUT2D eigenvalue weighted by molar-refractivity contribution is 6.41. The van der Waals surface area contributed by atoms with Gasteiger partial charge in [-0.1, -0.05) is 23.7 Å².